The van der Waals surface area contributed by atoms with Crippen LogP contribution in [0.4, 0.5) is 9.52 Å². The predicted molar refractivity (Wildman–Crippen MR) is 99.1 cm³/mol. The lowest BCUT2D eigenvalue weighted by atomic mass is 10.1. The number of halogens is 2. The molecular formula is C17H21ClFN3O2S. The fourth-order valence-electron chi connectivity index (χ4n) is 2.64. The SMILES string of the molecule is Cc1nc(NC(=O)[C@H]2NCCO[C@@H]2C)sc1Cc1ccc(F)cc1.Cl. The molecule has 1 aromatic carbocycles. The van der Waals surface area contributed by atoms with Gasteiger partial charge in [-0.25, -0.2) is 9.37 Å². The first-order valence-corrected chi connectivity index (χ1v) is 8.71. The van der Waals surface area contributed by atoms with Gasteiger partial charge in [-0.1, -0.05) is 12.1 Å². The highest BCUT2D eigenvalue weighted by Crippen LogP contribution is 2.25. The minimum absolute atomic E-state index is 0. The van der Waals surface area contributed by atoms with Gasteiger partial charge >= 0.3 is 0 Å². The molecule has 1 fully saturated rings. The molecule has 0 aliphatic carbocycles. The van der Waals surface area contributed by atoms with Crippen LogP contribution in [0.15, 0.2) is 24.3 Å². The number of amides is 1. The zero-order valence-electron chi connectivity index (χ0n) is 14.0. The molecule has 8 heteroatoms. The number of ether oxygens (including phenoxy) is 1. The Labute approximate surface area is 156 Å². The van der Waals surface area contributed by atoms with Crippen LogP contribution < -0.4 is 10.6 Å². The minimum Gasteiger partial charge on any atom is -0.375 e. The summed E-state index contributed by atoms with van der Waals surface area (Å²) < 4.78 is 18.5. The van der Waals surface area contributed by atoms with Gasteiger partial charge in [0.05, 0.1) is 18.4 Å². The number of hydrogen-bond acceptors (Lipinski definition) is 5. The van der Waals surface area contributed by atoms with E-state index < -0.39 is 0 Å². The summed E-state index contributed by atoms with van der Waals surface area (Å²) in [6.45, 7) is 5.07. The Kier molecular flexibility index (Phi) is 6.89. The number of rotatable bonds is 4. The summed E-state index contributed by atoms with van der Waals surface area (Å²) in [4.78, 5) is 17.8. The molecule has 2 heterocycles. The summed E-state index contributed by atoms with van der Waals surface area (Å²) in [6, 6.07) is 6.05. The van der Waals surface area contributed by atoms with Crippen LogP contribution in [0.25, 0.3) is 0 Å². The third kappa shape index (κ3) is 4.98. The van der Waals surface area contributed by atoms with Gasteiger partial charge in [-0.2, -0.15) is 0 Å². The smallest absolute Gasteiger partial charge is 0.245 e. The Hall–Kier alpha value is -1.54. The first-order chi connectivity index (χ1) is 11.5. The van der Waals surface area contributed by atoms with Crippen molar-refractivity contribution < 1.29 is 13.9 Å². The van der Waals surface area contributed by atoms with Gasteiger partial charge in [0, 0.05) is 17.8 Å². The zero-order valence-corrected chi connectivity index (χ0v) is 15.7. The minimum atomic E-state index is -0.372. The van der Waals surface area contributed by atoms with Crippen molar-refractivity contribution >= 4 is 34.8 Å². The zero-order chi connectivity index (χ0) is 17.1. The van der Waals surface area contributed by atoms with Gasteiger partial charge in [-0.05, 0) is 31.5 Å². The van der Waals surface area contributed by atoms with Crippen LogP contribution in [0.1, 0.15) is 23.1 Å². The second-order valence-corrected chi connectivity index (χ2v) is 6.91. The number of nitrogens with one attached hydrogen (secondary N) is 2. The number of aromatic nitrogens is 1. The molecule has 1 aliphatic heterocycles. The Morgan fingerprint density at radius 3 is 2.84 bits per heavy atom. The topological polar surface area (TPSA) is 63.2 Å². The van der Waals surface area contributed by atoms with Crippen molar-refractivity contribution in [3.63, 3.8) is 0 Å². The van der Waals surface area contributed by atoms with Gasteiger partial charge in [0.2, 0.25) is 5.91 Å². The Bertz CT molecular complexity index is 723. The van der Waals surface area contributed by atoms with Gasteiger partial charge in [-0.3, -0.25) is 4.79 Å². The summed E-state index contributed by atoms with van der Waals surface area (Å²) in [5, 5.41) is 6.60. The second kappa shape index (κ2) is 8.71. The largest absolute Gasteiger partial charge is 0.375 e. The average molecular weight is 386 g/mol. The van der Waals surface area contributed by atoms with Gasteiger partial charge < -0.3 is 15.4 Å². The van der Waals surface area contributed by atoms with Crippen LogP contribution in [-0.4, -0.2) is 36.2 Å². The van der Waals surface area contributed by atoms with Crippen molar-refractivity contribution in [3.05, 3.63) is 46.2 Å². The lowest BCUT2D eigenvalue weighted by molar-refractivity contribution is -0.123. The molecule has 0 bridgehead atoms. The maximum Gasteiger partial charge on any atom is 0.245 e. The third-order valence-corrected chi connectivity index (χ3v) is 5.07. The molecule has 1 amide bonds. The van der Waals surface area contributed by atoms with Gasteiger partial charge in [0.15, 0.2) is 5.13 Å². The van der Waals surface area contributed by atoms with E-state index in [-0.39, 0.29) is 36.3 Å². The number of carbonyl (C=O) groups excluding carboxylic acids is 1. The molecule has 136 valence electrons. The molecule has 2 aromatic rings. The Morgan fingerprint density at radius 2 is 2.16 bits per heavy atom. The molecule has 1 aliphatic rings. The number of nitrogens with zero attached hydrogens (tertiary/aromatic N) is 1. The van der Waals surface area contributed by atoms with Crippen LogP contribution in [0.3, 0.4) is 0 Å². The molecule has 0 radical (unpaired) electrons. The summed E-state index contributed by atoms with van der Waals surface area (Å²) in [5.41, 5.74) is 1.89. The van der Waals surface area contributed by atoms with E-state index in [0.717, 1.165) is 16.1 Å². The molecule has 25 heavy (non-hydrogen) atoms. The molecule has 1 aromatic heterocycles. The van der Waals surface area contributed by atoms with Gasteiger partial charge in [-0.15, -0.1) is 23.7 Å². The lowest BCUT2D eigenvalue weighted by Crippen LogP contribution is -2.53. The van der Waals surface area contributed by atoms with Crippen LogP contribution >= 0.6 is 23.7 Å². The molecular weight excluding hydrogens is 365 g/mol. The monoisotopic (exact) mass is 385 g/mol. The maximum absolute atomic E-state index is 13.0. The fourth-order valence-corrected chi connectivity index (χ4v) is 3.64. The number of aryl methyl sites for hydroxylation is 1. The van der Waals surface area contributed by atoms with Crippen molar-refractivity contribution in [1.29, 1.82) is 0 Å². The highest BCUT2D eigenvalue weighted by molar-refractivity contribution is 7.15. The molecule has 3 rings (SSSR count). The number of anilines is 1. The normalized spacial score (nSPS) is 20.0. The highest BCUT2D eigenvalue weighted by atomic mass is 35.5. The van der Waals surface area contributed by atoms with E-state index in [1.54, 1.807) is 12.1 Å². The van der Waals surface area contributed by atoms with E-state index in [0.29, 0.717) is 24.7 Å². The van der Waals surface area contributed by atoms with Crippen molar-refractivity contribution in [1.82, 2.24) is 10.3 Å². The molecule has 5 nitrogen and oxygen atoms in total. The highest BCUT2D eigenvalue weighted by Gasteiger charge is 2.28. The van der Waals surface area contributed by atoms with E-state index in [2.05, 4.69) is 15.6 Å². The van der Waals surface area contributed by atoms with Crippen molar-refractivity contribution in [3.8, 4) is 0 Å². The Morgan fingerprint density at radius 1 is 1.44 bits per heavy atom. The molecule has 0 saturated carbocycles. The van der Waals surface area contributed by atoms with Gasteiger partial charge in [0.25, 0.3) is 0 Å². The predicted octanol–water partition coefficient (Wildman–Crippen LogP) is 2.92. The van der Waals surface area contributed by atoms with E-state index in [4.69, 9.17) is 4.74 Å². The summed E-state index contributed by atoms with van der Waals surface area (Å²) in [5.74, 6) is -0.381. The second-order valence-electron chi connectivity index (χ2n) is 5.83. The van der Waals surface area contributed by atoms with Gasteiger partial charge in [0.1, 0.15) is 11.9 Å². The summed E-state index contributed by atoms with van der Waals surface area (Å²) in [7, 11) is 0. The van der Waals surface area contributed by atoms with Crippen LogP contribution in [0.2, 0.25) is 0 Å². The number of hydrogen-bond donors (Lipinski definition) is 2. The molecule has 0 unspecified atom stereocenters. The third-order valence-electron chi connectivity index (χ3n) is 4.00. The van der Waals surface area contributed by atoms with Crippen molar-refractivity contribution in [2.45, 2.75) is 32.4 Å². The van der Waals surface area contributed by atoms with E-state index >= 15 is 0 Å². The summed E-state index contributed by atoms with van der Waals surface area (Å²) in [6.07, 6.45) is 0.499. The standard InChI is InChI=1S/C17H20FN3O2S.ClH/c1-10-14(9-12-3-5-13(18)6-4-12)24-17(20-10)21-16(22)15-11(2)23-8-7-19-15;/h3-6,11,15,19H,7-9H2,1-2H3,(H,20,21,22);1H/t11-,15+;/m1./s1. The lowest BCUT2D eigenvalue weighted by Gasteiger charge is -2.28. The van der Waals surface area contributed by atoms with E-state index in [1.807, 2.05) is 13.8 Å². The first-order valence-electron chi connectivity index (χ1n) is 7.89. The average Bonchev–Trinajstić information content (AvgIpc) is 2.89. The number of benzene rings is 1. The molecule has 2 N–H and O–H groups in total. The van der Waals surface area contributed by atoms with E-state index in [9.17, 15) is 9.18 Å². The molecule has 2 atom stereocenters. The molecule has 0 spiro atoms. The number of thiazole rings is 1. The first kappa shape index (κ1) is 19.8. The van der Waals surface area contributed by atoms with Crippen molar-refractivity contribution in [2.75, 3.05) is 18.5 Å². The quantitative estimate of drug-likeness (QED) is 0.849. The number of morpholine rings is 1. The van der Waals surface area contributed by atoms with E-state index in [1.165, 1.54) is 23.5 Å². The van der Waals surface area contributed by atoms with Crippen LogP contribution in [0.5, 0.6) is 0 Å². The summed E-state index contributed by atoms with van der Waals surface area (Å²) >= 11 is 1.45. The number of carbonyl (C=O) groups is 1. The van der Waals surface area contributed by atoms with Crippen LogP contribution in [-0.2, 0) is 16.0 Å². The van der Waals surface area contributed by atoms with Crippen LogP contribution in [0, 0.1) is 12.7 Å². The fraction of sp³-hybridized carbons (Fsp3) is 0.412. The van der Waals surface area contributed by atoms with Crippen molar-refractivity contribution in [2.24, 2.45) is 0 Å². The maximum atomic E-state index is 13.0. The molecule has 1 saturated heterocycles. The Balaban J connectivity index is 0.00000225.